The molecule has 0 bridgehead atoms. The van der Waals surface area contributed by atoms with Gasteiger partial charge >= 0.3 is 0 Å². The average molecular weight is 398 g/mol. The summed E-state index contributed by atoms with van der Waals surface area (Å²) in [5, 5.41) is 0. The van der Waals surface area contributed by atoms with Crippen molar-refractivity contribution in [1.29, 1.82) is 0 Å². The Bertz CT molecular complexity index is 816. The third-order valence-electron chi connectivity index (χ3n) is 4.46. The molecule has 1 aliphatic rings. The van der Waals surface area contributed by atoms with E-state index in [0.717, 1.165) is 25.9 Å². The highest BCUT2D eigenvalue weighted by Crippen LogP contribution is 2.18. The predicted molar refractivity (Wildman–Crippen MR) is 108 cm³/mol. The highest BCUT2D eigenvalue weighted by Gasteiger charge is 2.16. The number of hydrazine groups is 1. The minimum absolute atomic E-state index is 0.136. The van der Waals surface area contributed by atoms with Crippen molar-refractivity contribution in [2.75, 3.05) is 19.8 Å². The summed E-state index contributed by atoms with van der Waals surface area (Å²) in [6.07, 6.45) is 3.04. The van der Waals surface area contributed by atoms with Crippen LogP contribution in [-0.2, 0) is 4.74 Å². The Labute approximate surface area is 170 Å². The molecule has 29 heavy (non-hydrogen) atoms. The van der Waals surface area contributed by atoms with Crippen LogP contribution in [0.2, 0.25) is 0 Å². The summed E-state index contributed by atoms with van der Waals surface area (Å²) in [5.74, 6) is 0.287. The number of carbonyl (C=O) groups is 2. The molecule has 2 aromatic rings. The lowest BCUT2D eigenvalue weighted by Crippen LogP contribution is -2.41. The lowest BCUT2D eigenvalue weighted by Gasteiger charge is -2.13. The van der Waals surface area contributed by atoms with Crippen molar-refractivity contribution in [3.8, 4) is 11.5 Å². The molecule has 3 rings (SSSR count). The van der Waals surface area contributed by atoms with Gasteiger partial charge in [-0.15, -0.1) is 0 Å². The molecule has 1 aliphatic heterocycles. The zero-order valence-electron chi connectivity index (χ0n) is 16.5. The summed E-state index contributed by atoms with van der Waals surface area (Å²) in [7, 11) is 0. The third kappa shape index (κ3) is 5.96. The molecule has 154 valence electrons. The lowest BCUT2D eigenvalue weighted by atomic mass is 10.2. The summed E-state index contributed by atoms with van der Waals surface area (Å²) < 4.78 is 16.8. The maximum atomic E-state index is 12.4. The van der Waals surface area contributed by atoms with E-state index in [9.17, 15) is 9.59 Å². The topological polar surface area (TPSA) is 85.9 Å². The van der Waals surface area contributed by atoms with E-state index in [-0.39, 0.29) is 6.10 Å². The van der Waals surface area contributed by atoms with Crippen LogP contribution < -0.4 is 20.3 Å². The zero-order valence-corrected chi connectivity index (χ0v) is 16.5. The first kappa shape index (κ1) is 20.7. The van der Waals surface area contributed by atoms with E-state index in [0.29, 0.717) is 35.8 Å². The number of benzene rings is 2. The van der Waals surface area contributed by atoms with E-state index < -0.39 is 11.8 Å². The molecule has 7 heteroatoms. The maximum absolute atomic E-state index is 12.4. The van der Waals surface area contributed by atoms with Crippen LogP contribution in [0.15, 0.2) is 48.5 Å². The second-order valence-corrected chi connectivity index (χ2v) is 6.72. The van der Waals surface area contributed by atoms with Crippen LogP contribution in [0.3, 0.4) is 0 Å². The third-order valence-corrected chi connectivity index (χ3v) is 4.46. The molecule has 1 heterocycles. The Morgan fingerprint density at radius 2 is 1.79 bits per heavy atom. The van der Waals surface area contributed by atoms with Gasteiger partial charge in [0.2, 0.25) is 0 Å². The molecule has 2 amide bonds. The van der Waals surface area contributed by atoms with Crippen LogP contribution in [0.4, 0.5) is 0 Å². The van der Waals surface area contributed by atoms with Gasteiger partial charge in [0, 0.05) is 12.2 Å². The van der Waals surface area contributed by atoms with Gasteiger partial charge < -0.3 is 14.2 Å². The number of hydrogen-bond acceptors (Lipinski definition) is 5. The van der Waals surface area contributed by atoms with Crippen LogP contribution >= 0.6 is 0 Å². The minimum Gasteiger partial charge on any atom is -0.493 e. The number of amides is 2. The Hall–Kier alpha value is -3.06. The Morgan fingerprint density at radius 3 is 2.52 bits per heavy atom. The quantitative estimate of drug-likeness (QED) is 0.668. The van der Waals surface area contributed by atoms with E-state index in [1.54, 1.807) is 48.5 Å². The summed E-state index contributed by atoms with van der Waals surface area (Å²) in [6.45, 7) is 3.79. The van der Waals surface area contributed by atoms with E-state index in [4.69, 9.17) is 14.2 Å². The predicted octanol–water partition coefficient (Wildman–Crippen LogP) is 3.11. The van der Waals surface area contributed by atoms with Gasteiger partial charge in [-0.2, -0.15) is 0 Å². The fourth-order valence-electron chi connectivity index (χ4n) is 2.91. The van der Waals surface area contributed by atoms with E-state index in [1.165, 1.54) is 0 Å². The SMILES string of the molecule is CCCOc1ccccc1C(=O)NNC(=O)c1ccc(OCC2CCCO2)cc1. The van der Waals surface area contributed by atoms with Gasteiger partial charge in [-0.3, -0.25) is 20.4 Å². The second kappa shape index (κ2) is 10.5. The molecular formula is C22H26N2O5. The Balaban J connectivity index is 1.50. The molecule has 1 saturated heterocycles. The molecule has 0 aromatic heterocycles. The lowest BCUT2D eigenvalue weighted by molar-refractivity contribution is 0.0679. The van der Waals surface area contributed by atoms with Gasteiger partial charge in [-0.1, -0.05) is 19.1 Å². The smallest absolute Gasteiger partial charge is 0.273 e. The van der Waals surface area contributed by atoms with Crippen molar-refractivity contribution in [1.82, 2.24) is 10.9 Å². The van der Waals surface area contributed by atoms with Crippen molar-refractivity contribution in [3.05, 3.63) is 59.7 Å². The van der Waals surface area contributed by atoms with Gasteiger partial charge in [0.05, 0.1) is 18.3 Å². The first-order valence-electron chi connectivity index (χ1n) is 9.84. The largest absolute Gasteiger partial charge is 0.493 e. The highest BCUT2D eigenvalue weighted by atomic mass is 16.5. The molecule has 2 N–H and O–H groups in total. The van der Waals surface area contributed by atoms with Crippen LogP contribution in [0.25, 0.3) is 0 Å². The molecule has 0 radical (unpaired) electrons. The number of para-hydroxylation sites is 1. The normalized spacial score (nSPS) is 15.6. The van der Waals surface area contributed by atoms with Gasteiger partial charge in [-0.25, -0.2) is 0 Å². The summed E-state index contributed by atoms with van der Waals surface area (Å²) >= 11 is 0. The summed E-state index contributed by atoms with van der Waals surface area (Å²) in [4.78, 5) is 24.7. The van der Waals surface area contributed by atoms with E-state index in [1.807, 2.05) is 6.92 Å². The van der Waals surface area contributed by atoms with Gasteiger partial charge in [0.15, 0.2) is 0 Å². The molecule has 7 nitrogen and oxygen atoms in total. The summed E-state index contributed by atoms with van der Waals surface area (Å²) in [6, 6.07) is 13.6. The number of hydrogen-bond donors (Lipinski definition) is 2. The molecule has 0 aliphatic carbocycles. The Morgan fingerprint density at radius 1 is 1.03 bits per heavy atom. The van der Waals surface area contributed by atoms with Gasteiger partial charge in [0.1, 0.15) is 18.1 Å². The standard InChI is InChI=1S/C22H26N2O5/c1-2-13-28-20-8-4-3-7-19(20)22(26)24-23-21(25)16-9-11-17(12-10-16)29-15-18-6-5-14-27-18/h3-4,7-12,18H,2,5-6,13-15H2,1H3,(H,23,25)(H,24,26). The second-order valence-electron chi connectivity index (χ2n) is 6.72. The van der Waals surface area contributed by atoms with Crippen molar-refractivity contribution in [3.63, 3.8) is 0 Å². The maximum Gasteiger partial charge on any atom is 0.273 e. The van der Waals surface area contributed by atoms with E-state index >= 15 is 0 Å². The fraction of sp³-hybridized carbons (Fsp3) is 0.364. The van der Waals surface area contributed by atoms with Crippen LogP contribution in [-0.4, -0.2) is 37.7 Å². The average Bonchev–Trinajstić information content (AvgIpc) is 3.28. The first-order valence-corrected chi connectivity index (χ1v) is 9.84. The molecule has 1 fully saturated rings. The molecular weight excluding hydrogens is 372 g/mol. The molecule has 1 unspecified atom stereocenters. The van der Waals surface area contributed by atoms with Crippen molar-refractivity contribution in [2.45, 2.75) is 32.3 Å². The van der Waals surface area contributed by atoms with Gasteiger partial charge in [-0.05, 0) is 55.7 Å². The zero-order chi connectivity index (χ0) is 20.5. The number of rotatable bonds is 8. The Kier molecular flexibility index (Phi) is 7.47. The minimum atomic E-state index is -0.443. The highest BCUT2D eigenvalue weighted by molar-refractivity contribution is 6.00. The molecule has 2 aromatic carbocycles. The van der Waals surface area contributed by atoms with Gasteiger partial charge in [0.25, 0.3) is 11.8 Å². The number of ether oxygens (including phenoxy) is 3. The fourth-order valence-corrected chi connectivity index (χ4v) is 2.91. The van der Waals surface area contributed by atoms with Crippen molar-refractivity contribution < 1.29 is 23.8 Å². The monoisotopic (exact) mass is 398 g/mol. The van der Waals surface area contributed by atoms with Crippen molar-refractivity contribution in [2.24, 2.45) is 0 Å². The number of carbonyl (C=O) groups excluding carboxylic acids is 2. The number of nitrogens with one attached hydrogen (secondary N) is 2. The molecule has 0 spiro atoms. The molecule has 1 atom stereocenters. The first-order chi connectivity index (χ1) is 14.2. The van der Waals surface area contributed by atoms with Crippen LogP contribution in [0, 0.1) is 0 Å². The molecule has 0 saturated carbocycles. The van der Waals surface area contributed by atoms with Crippen LogP contribution in [0.1, 0.15) is 46.9 Å². The van der Waals surface area contributed by atoms with E-state index in [2.05, 4.69) is 10.9 Å². The van der Waals surface area contributed by atoms with Crippen LogP contribution in [0.5, 0.6) is 11.5 Å². The van der Waals surface area contributed by atoms with Crippen molar-refractivity contribution >= 4 is 11.8 Å². The summed E-state index contributed by atoms with van der Waals surface area (Å²) in [5.41, 5.74) is 5.61.